The number of rotatable bonds is 2. The molecule has 0 aliphatic carbocycles. The van der Waals surface area contributed by atoms with Crippen molar-refractivity contribution in [3.63, 3.8) is 0 Å². The van der Waals surface area contributed by atoms with Crippen LogP contribution in [0.15, 0.2) is 24.3 Å². The van der Waals surface area contributed by atoms with Gasteiger partial charge < -0.3 is 15.0 Å². The van der Waals surface area contributed by atoms with E-state index in [0.29, 0.717) is 25.1 Å². The van der Waals surface area contributed by atoms with Crippen LogP contribution in [0, 0.1) is 0 Å². The van der Waals surface area contributed by atoms with Gasteiger partial charge in [0.1, 0.15) is 5.75 Å². The Kier molecular flexibility index (Phi) is 6.25. The maximum absolute atomic E-state index is 12.6. The lowest BCUT2D eigenvalue weighted by molar-refractivity contribution is -0.121. The minimum Gasteiger partial charge on any atom is -0.497 e. The van der Waals surface area contributed by atoms with Crippen LogP contribution in [0.5, 0.6) is 5.75 Å². The first kappa shape index (κ1) is 16.3. The molecule has 0 unspecified atom stereocenters. The summed E-state index contributed by atoms with van der Waals surface area (Å²) in [6, 6.07) is 7.11. The number of benzene rings is 1. The van der Waals surface area contributed by atoms with Gasteiger partial charge in [0.25, 0.3) is 5.91 Å². The monoisotopic (exact) mass is 304 g/mol. The van der Waals surface area contributed by atoms with E-state index >= 15 is 0 Å². The fourth-order valence-electron chi connectivity index (χ4n) is 2.56. The number of amides is 2. The highest BCUT2D eigenvalue weighted by atomic mass is 16.5. The molecule has 5 heteroatoms. The maximum Gasteiger partial charge on any atom is 0.253 e. The van der Waals surface area contributed by atoms with E-state index in [2.05, 4.69) is 5.32 Å². The third-order valence-corrected chi connectivity index (χ3v) is 3.91. The summed E-state index contributed by atoms with van der Waals surface area (Å²) < 4.78 is 5.11. The Bertz CT molecular complexity index is 499. The van der Waals surface area contributed by atoms with Crippen LogP contribution in [0.1, 0.15) is 42.5 Å². The molecule has 1 aliphatic rings. The molecule has 0 atom stereocenters. The van der Waals surface area contributed by atoms with Gasteiger partial charge >= 0.3 is 0 Å². The summed E-state index contributed by atoms with van der Waals surface area (Å²) in [5.74, 6) is 0.734. The van der Waals surface area contributed by atoms with Crippen molar-refractivity contribution in [3.05, 3.63) is 29.8 Å². The van der Waals surface area contributed by atoms with E-state index in [4.69, 9.17) is 4.74 Å². The van der Waals surface area contributed by atoms with Crippen LogP contribution in [0.25, 0.3) is 0 Å². The molecule has 0 aromatic heterocycles. The first-order valence-electron chi connectivity index (χ1n) is 7.91. The van der Waals surface area contributed by atoms with E-state index in [9.17, 15) is 9.59 Å². The Labute approximate surface area is 131 Å². The molecule has 1 fully saturated rings. The normalized spacial score (nSPS) is 17.3. The van der Waals surface area contributed by atoms with E-state index < -0.39 is 0 Å². The Morgan fingerprint density at radius 2 is 1.82 bits per heavy atom. The van der Waals surface area contributed by atoms with Gasteiger partial charge in [-0.25, -0.2) is 0 Å². The summed E-state index contributed by atoms with van der Waals surface area (Å²) in [6.07, 6.45) is 4.53. The number of methoxy groups -OCH3 is 1. The fourth-order valence-corrected chi connectivity index (χ4v) is 2.56. The van der Waals surface area contributed by atoms with Crippen molar-refractivity contribution >= 4 is 11.8 Å². The largest absolute Gasteiger partial charge is 0.497 e. The summed E-state index contributed by atoms with van der Waals surface area (Å²) in [6.45, 7) is 1.92. The molecule has 1 aromatic carbocycles. The van der Waals surface area contributed by atoms with Gasteiger partial charge in [0.15, 0.2) is 0 Å². The predicted molar refractivity (Wildman–Crippen MR) is 85.0 cm³/mol. The smallest absolute Gasteiger partial charge is 0.253 e. The molecule has 0 saturated carbocycles. The van der Waals surface area contributed by atoms with E-state index in [-0.39, 0.29) is 11.8 Å². The van der Waals surface area contributed by atoms with Crippen molar-refractivity contribution in [1.82, 2.24) is 10.2 Å². The lowest BCUT2D eigenvalue weighted by atomic mass is 10.1. The van der Waals surface area contributed by atoms with Gasteiger partial charge in [-0.2, -0.15) is 0 Å². The number of ether oxygens (including phenoxy) is 1. The first-order valence-corrected chi connectivity index (χ1v) is 7.91. The minimum absolute atomic E-state index is 0.0188. The third-order valence-electron chi connectivity index (χ3n) is 3.91. The molecular weight excluding hydrogens is 280 g/mol. The SMILES string of the molecule is COc1ccc(C(=O)N2CCCCCCNC(=O)CC2)cc1. The topological polar surface area (TPSA) is 58.6 Å². The molecule has 1 aromatic rings. The zero-order chi connectivity index (χ0) is 15.8. The standard InChI is InChI=1S/C17H24N2O3/c1-22-15-8-6-14(7-9-15)17(21)19-12-5-3-2-4-11-18-16(20)10-13-19/h6-9H,2-5,10-13H2,1H3,(H,18,20). The van der Waals surface area contributed by atoms with E-state index in [0.717, 1.165) is 38.0 Å². The molecule has 22 heavy (non-hydrogen) atoms. The van der Waals surface area contributed by atoms with Gasteiger partial charge in [-0.15, -0.1) is 0 Å². The average Bonchev–Trinajstić information content (AvgIpc) is 2.60. The molecule has 2 rings (SSSR count). The predicted octanol–water partition coefficient (Wildman–Crippen LogP) is 2.22. The molecule has 0 radical (unpaired) electrons. The van der Waals surface area contributed by atoms with Crippen molar-refractivity contribution in [2.45, 2.75) is 32.1 Å². The average molecular weight is 304 g/mol. The van der Waals surface area contributed by atoms with Crippen LogP contribution in [0.3, 0.4) is 0 Å². The highest BCUT2D eigenvalue weighted by Gasteiger charge is 2.17. The van der Waals surface area contributed by atoms with Gasteiger partial charge in [-0.05, 0) is 37.1 Å². The number of carbonyl (C=O) groups excluding carboxylic acids is 2. The van der Waals surface area contributed by atoms with Crippen molar-refractivity contribution in [2.24, 2.45) is 0 Å². The molecule has 5 nitrogen and oxygen atoms in total. The Balaban J connectivity index is 2.04. The quantitative estimate of drug-likeness (QED) is 0.911. The molecule has 0 spiro atoms. The first-order chi connectivity index (χ1) is 10.7. The number of nitrogens with one attached hydrogen (secondary N) is 1. The molecular formula is C17H24N2O3. The molecule has 2 amide bonds. The van der Waals surface area contributed by atoms with Crippen LogP contribution in [-0.4, -0.2) is 43.5 Å². The number of carbonyl (C=O) groups is 2. The summed E-state index contributed by atoms with van der Waals surface area (Å²) in [7, 11) is 1.60. The van der Waals surface area contributed by atoms with Crippen LogP contribution in [-0.2, 0) is 4.79 Å². The lowest BCUT2D eigenvalue weighted by Crippen LogP contribution is -2.35. The second kappa shape index (κ2) is 8.41. The number of nitrogens with zero attached hydrogens (tertiary/aromatic N) is 1. The Hall–Kier alpha value is -2.04. The molecule has 1 aliphatic heterocycles. The summed E-state index contributed by atoms with van der Waals surface area (Å²) in [5, 5.41) is 2.90. The van der Waals surface area contributed by atoms with Crippen molar-refractivity contribution in [2.75, 3.05) is 26.7 Å². The maximum atomic E-state index is 12.6. The molecule has 1 saturated heterocycles. The second-order valence-corrected chi connectivity index (χ2v) is 5.53. The van der Waals surface area contributed by atoms with Crippen LogP contribution >= 0.6 is 0 Å². The van der Waals surface area contributed by atoms with Crippen molar-refractivity contribution < 1.29 is 14.3 Å². The van der Waals surface area contributed by atoms with Gasteiger partial charge in [0.05, 0.1) is 7.11 Å². The zero-order valence-corrected chi connectivity index (χ0v) is 13.1. The highest BCUT2D eigenvalue weighted by molar-refractivity contribution is 5.94. The molecule has 1 N–H and O–H groups in total. The van der Waals surface area contributed by atoms with Crippen LogP contribution in [0.2, 0.25) is 0 Å². The minimum atomic E-state index is -0.0188. The molecule has 1 heterocycles. The summed E-state index contributed by atoms with van der Waals surface area (Å²) >= 11 is 0. The van der Waals surface area contributed by atoms with Gasteiger partial charge in [-0.1, -0.05) is 12.8 Å². The molecule has 0 bridgehead atoms. The fraction of sp³-hybridized carbons (Fsp3) is 0.529. The lowest BCUT2D eigenvalue weighted by Gasteiger charge is -2.22. The van der Waals surface area contributed by atoms with Crippen LogP contribution in [0.4, 0.5) is 0 Å². The van der Waals surface area contributed by atoms with E-state index in [1.165, 1.54) is 0 Å². The number of hydrogen-bond donors (Lipinski definition) is 1. The zero-order valence-electron chi connectivity index (χ0n) is 13.1. The van der Waals surface area contributed by atoms with Crippen molar-refractivity contribution in [1.29, 1.82) is 0 Å². The molecule has 120 valence electrons. The summed E-state index contributed by atoms with van der Waals surface area (Å²) in [5.41, 5.74) is 0.635. The Morgan fingerprint density at radius 1 is 1.09 bits per heavy atom. The van der Waals surface area contributed by atoms with Crippen LogP contribution < -0.4 is 10.1 Å². The van der Waals surface area contributed by atoms with E-state index in [1.54, 1.807) is 36.3 Å². The van der Waals surface area contributed by atoms with E-state index in [1.807, 2.05) is 0 Å². The number of hydrogen-bond acceptors (Lipinski definition) is 3. The highest BCUT2D eigenvalue weighted by Crippen LogP contribution is 2.14. The summed E-state index contributed by atoms with van der Waals surface area (Å²) in [4.78, 5) is 26.1. The third kappa shape index (κ3) is 4.76. The van der Waals surface area contributed by atoms with Crippen molar-refractivity contribution in [3.8, 4) is 5.75 Å². The Morgan fingerprint density at radius 3 is 2.55 bits per heavy atom. The van der Waals surface area contributed by atoms with Gasteiger partial charge in [0, 0.05) is 31.6 Å². The van der Waals surface area contributed by atoms with Gasteiger partial charge in [0.2, 0.25) is 5.91 Å². The van der Waals surface area contributed by atoms with Gasteiger partial charge in [-0.3, -0.25) is 9.59 Å². The second-order valence-electron chi connectivity index (χ2n) is 5.53.